The van der Waals surface area contributed by atoms with Crippen LogP contribution in [0.2, 0.25) is 0 Å². The summed E-state index contributed by atoms with van der Waals surface area (Å²) in [4.78, 5) is 60.8. The molecule has 11 nitrogen and oxygen atoms in total. The number of hydrogen-bond donors (Lipinski definition) is 2. The van der Waals surface area contributed by atoms with Crippen LogP contribution in [0.15, 0.2) is 30.3 Å². The van der Waals surface area contributed by atoms with E-state index in [9.17, 15) is 24.3 Å². The highest BCUT2D eigenvalue weighted by Crippen LogP contribution is 2.32. The summed E-state index contributed by atoms with van der Waals surface area (Å²) >= 11 is 0. The molecular formula is C41H70N4O7. The second kappa shape index (κ2) is 21.3. The molecule has 0 saturated carbocycles. The van der Waals surface area contributed by atoms with Gasteiger partial charge in [-0.05, 0) is 57.2 Å². The number of likely N-dealkylation sites (N-methyl/N-ethyl adjacent to an activating group) is 2. The Bertz CT molecular complexity index is 1270. The number of aliphatic hydroxyl groups excluding tert-OH is 1. The van der Waals surface area contributed by atoms with E-state index in [1.807, 2.05) is 95.8 Å². The minimum Gasteiger partial charge on any atom is -0.388 e. The van der Waals surface area contributed by atoms with Crippen LogP contribution >= 0.6 is 0 Å². The van der Waals surface area contributed by atoms with E-state index >= 15 is 0 Å². The largest absolute Gasteiger partial charge is 0.388 e. The summed E-state index contributed by atoms with van der Waals surface area (Å²) in [6, 6.07) is 7.69. The fraction of sp³-hybridized carbons (Fsp3) is 0.756. The third-order valence-corrected chi connectivity index (χ3v) is 11.4. The molecule has 0 spiro atoms. The number of aliphatic hydroxyl groups is 1. The van der Waals surface area contributed by atoms with E-state index in [0.717, 1.165) is 18.4 Å². The van der Waals surface area contributed by atoms with Crippen LogP contribution in [0.5, 0.6) is 0 Å². The summed E-state index contributed by atoms with van der Waals surface area (Å²) in [5.41, 5.74) is 7.14. The average Bonchev–Trinajstić information content (AvgIpc) is 3.59. The van der Waals surface area contributed by atoms with Crippen molar-refractivity contribution in [1.29, 1.82) is 0 Å². The molecule has 11 heteroatoms. The molecule has 0 unspecified atom stereocenters. The predicted octanol–water partition coefficient (Wildman–Crippen LogP) is 4.74. The lowest BCUT2D eigenvalue weighted by Crippen LogP contribution is -2.55. The third-order valence-electron chi connectivity index (χ3n) is 11.4. The molecule has 1 aliphatic rings. The van der Waals surface area contributed by atoms with Crippen LogP contribution in [0.3, 0.4) is 0 Å². The highest BCUT2D eigenvalue weighted by Gasteiger charge is 2.43. The van der Waals surface area contributed by atoms with E-state index in [4.69, 9.17) is 15.2 Å². The molecule has 1 aliphatic heterocycles. The summed E-state index contributed by atoms with van der Waals surface area (Å²) in [6.07, 6.45) is 0.561. The number of rotatable bonds is 22. The van der Waals surface area contributed by atoms with Gasteiger partial charge in [-0.15, -0.1) is 0 Å². The fourth-order valence-corrected chi connectivity index (χ4v) is 8.29. The number of nitrogens with zero attached hydrogens (tertiary/aromatic N) is 3. The number of methoxy groups -OCH3 is 2. The van der Waals surface area contributed by atoms with E-state index in [1.54, 1.807) is 33.1 Å². The molecule has 1 saturated heterocycles. The maximum Gasteiger partial charge on any atom is 0.227 e. The van der Waals surface area contributed by atoms with Crippen molar-refractivity contribution in [2.45, 2.75) is 129 Å². The number of likely N-dealkylation sites (tertiary alicyclic amines) is 1. The Kier molecular flexibility index (Phi) is 18.6. The summed E-state index contributed by atoms with van der Waals surface area (Å²) in [5, 5.41) is 10.9. The van der Waals surface area contributed by atoms with Crippen LogP contribution in [0, 0.1) is 29.6 Å². The lowest BCUT2D eigenvalue weighted by molar-refractivity contribution is -0.148. The van der Waals surface area contributed by atoms with Crippen molar-refractivity contribution < 1.29 is 33.8 Å². The highest BCUT2D eigenvalue weighted by molar-refractivity contribution is 5.90. The van der Waals surface area contributed by atoms with Gasteiger partial charge in [-0.1, -0.05) is 78.3 Å². The van der Waals surface area contributed by atoms with Crippen molar-refractivity contribution in [2.75, 3.05) is 41.9 Å². The minimum absolute atomic E-state index is 0.0201. The molecular weight excluding hydrogens is 660 g/mol. The first-order valence-corrected chi connectivity index (χ1v) is 19.2. The van der Waals surface area contributed by atoms with E-state index < -0.39 is 42.2 Å². The number of ketones is 2. The molecule has 2 amide bonds. The topological polar surface area (TPSA) is 143 Å². The van der Waals surface area contributed by atoms with Gasteiger partial charge in [-0.3, -0.25) is 24.1 Å². The number of benzene rings is 1. The molecule has 1 aromatic rings. The Morgan fingerprint density at radius 2 is 1.52 bits per heavy atom. The van der Waals surface area contributed by atoms with Crippen molar-refractivity contribution in [2.24, 2.45) is 35.3 Å². The van der Waals surface area contributed by atoms with Crippen molar-refractivity contribution in [3.8, 4) is 0 Å². The predicted molar refractivity (Wildman–Crippen MR) is 205 cm³/mol. The van der Waals surface area contributed by atoms with Crippen LogP contribution in [0.4, 0.5) is 0 Å². The number of hydrogen-bond acceptors (Lipinski definition) is 9. The van der Waals surface area contributed by atoms with E-state index in [1.165, 1.54) is 0 Å². The molecule has 2 rings (SSSR count). The quantitative estimate of drug-likeness (QED) is 0.173. The zero-order valence-corrected chi connectivity index (χ0v) is 34.1. The SMILES string of the molecule is CC[C@H](C)[C@@H]([C@@H](CC(=O)N1CCC[C@H]1[C@H](OC)[C@@H](C)C(=O)C[C@H](C)[C@@H](O)c1ccccc1)OC)N(C)C(=O)[C@@H](CC(=O)[C@H](C(C)C)N(C)C)[C@H](C)N. The first-order chi connectivity index (χ1) is 24.4. The lowest BCUT2D eigenvalue weighted by atomic mass is 9.85. The molecule has 3 N–H and O–H groups in total. The lowest BCUT2D eigenvalue weighted by Gasteiger charge is -2.41. The van der Waals surface area contributed by atoms with Gasteiger partial charge >= 0.3 is 0 Å². The molecule has 0 aromatic heterocycles. The number of carbonyl (C=O) groups is 4. The zero-order valence-electron chi connectivity index (χ0n) is 34.1. The van der Waals surface area contributed by atoms with Crippen LogP contribution in [-0.4, -0.2) is 121 Å². The van der Waals surface area contributed by atoms with Crippen LogP contribution in [0.1, 0.15) is 98.7 Å². The van der Waals surface area contributed by atoms with E-state index in [2.05, 4.69) is 0 Å². The summed E-state index contributed by atoms with van der Waals surface area (Å²) < 4.78 is 12.0. The Labute approximate surface area is 313 Å². The molecule has 1 fully saturated rings. The number of Topliss-reactive ketones (excluding diaryl/α,β-unsaturated/α-hetero) is 2. The number of ether oxygens (including phenoxy) is 2. The molecule has 0 bridgehead atoms. The van der Waals surface area contributed by atoms with Crippen molar-refractivity contribution in [1.82, 2.24) is 14.7 Å². The zero-order chi connectivity index (χ0) is 39.4. The molecule has 1 aromatic carbocycles. The van der Waals surface area contributed by atoms with Gasteiger partial charge in [0.1, 0.15) is 5.78 Å². The summed E-state index contributed by atoms with van der Waals surface area (Å²) in [7, 11) is 8.61. The molecule has 11 atom stereocenters. The Hall–Kier alpha value is -2.70. The summed E-state index contributed by atoms with van der Waals surface area (Å²) in [6.45, 7) is 14.1. The standard InChI is InChI=1S/C41H70N4O7/c1-13-26(4)38(44(10)41(50)31(29(7)42)23-34(47)37(25(2)3)43(8)9)35(51-11)24-36(48)45-21-17-20-32(45)40(52-12)28(6)33(46)22-27(5)39(49)30-18-15-14-16-19-30/h14-16,18-19,25-29,31-32,35,37-40,49H,13,17,20-24,42H2,1-12H3/t26-,27-,28-,29-,31-,32-,35+,37-,38-,39+,40+/m0/s1. The van der Waals surface area contributed by atoms with Gasteiger partial charge in [0, 0.05) is 52.6 Å². The van der Waals surface area contributed by atoms with Gasteiger partial charge in [0.15, 0.2) is 5.78 Å². The van der Waals surface area contributed by atoms with Gasteiger partial charge < -0.3 is 30.1 Å². The number of carbonyl (C=O) groups excluding carboxylic acids is 4. The molecule has 0 aliphatic carbocycles. The Morgan fingerprint density at radius 3 is 2.02 bits per heavy atom. The maximum absolute atomic E-state index is 14.2. The third kappa shape index (κ3) is 11.6. The minimum atomic E-state index is -0.767. The monoisotopic (exact) mass is 731 g/mol. The molecule has 52 heavy (non-hydrogen) atoms. The second-order valence-electron chi connectivity index (χ2n) is 15.9. The number of amides is 2. The van der Waals surface area contributed by atoms with E-state index in [-0.39, 0.29) is 72.5 Å². The first-order valence-electron chi connectivity index (χ1n) is 19.2. The molecule has 0 radical (unpaired) electrons. The smallest absolute Gasteiger partial charge is 0.227 e. The van der Waals surface area contributed by atoms with Gasteiger partial charge in [0.25, 0.3) is 0 Å². The van der Waals surface area contributed by atoms with Crippen molar-refractivity contribution in [3.63, 3.8) is 0 Å². The number of nitrogens with two attached hydrogens (primary N) is 1. The van der Waals surface area contributed by atoms with Crippen LogP contribution in [0.25, 0.3) is 0 Å². The second-order valence-corrected chi connectivity index (χ2v) is 15.9. The molecule has 296 valence electrons. The van der Waals surface area contributed by atoms with E-state index in [0.29, 0.717) is 13.0 Å². The summed E-state index contributed by atoms with van der Waals surface area (Å²) in [5.74, 6) is -1.86. The van der Waals surface area contributed by atoms with Gasteiger partial charge in [-0.2, -0.15) is 0 Å². The van der Waals surface area contributed by atoms with Crippen molar-refractivity contribution in [3.05, 3.63) is 35.9 Å². The van der Waals surface area contributed by atoms with Crippen LogP contribution in [-0.2, 0) is 28.7 Å². The van der Waals surface area contributed by atoms with Crippen molar-refractivity contribution >= 4 is 23.4 Å². The first kappa shape index (κ1) is 45.5. The normalized spacial score (nSPS) is 20.8. The molecule has 1 heterocycles. The fourth-order valence-electron chi connectivity index (χ4n) is 8.29. The Balaban J connectivity index is 2.25. The van der Waals surface area contributed by atoms with Crippen LogP contribution < -0.4 is 5.73 Å². The van der Waals surface area contributed by atoms with Gasteiger partial charge in [0.2, 0.25) is 11.8 Å². The van der Waals surface area contributed by atoms with Gasteiger partial charge in [0.05, 0.1) is 48.8 Å². The van der Waals surface area contributed by atoms with Gasteiger partial charge in [-0.25, -0.2) is 0 Å². The highest BCUT2D eigenvalue weighted by atomic mass is 16.5. The Morgan fingerprint density at radius 1 is 0.904 bits per heavy atom. The average molecular weight is 731 g/mol. The maximum atomic E-state index is 14.2.